The van der Waals surface area contributed by atoms with Crippen molar-refractivity contribution in [3.63, 3.8) is 0 Å². The number of carbonyl (C=O) groups is 5. The van der Waals surface area contributed by atoms with E-state index >= 15 is 0 Å². The van der Waals surface area contributed by atoms with Crippen LogP contribution in [0.3, 0.4) is 0 Å². The molecule has 0 bridgehead atoms. The molecule has 0 fully saturated rings. The van der Waals surface area contributed by atoms with Gasteiger partial charge in [0.05, 0.1) is 25.2 Å². The van der Waals surface area contributed by atoms with Crippen LogP contribution in [0.1, 0.15) is 18.9 Å². The van der Waals surface area contributed by atoms with Gasteiger partial charge in [-0.25, -0.2) is 4.79 Å². The predicted octanol–water partition coefficient (Wildman–Crippen LogP) is -3.17. The lowest BCUT2D eigenvalue weighted by molar-refractivity contribution is -0.143. The second-order valence-electron chi connectivity index (χ2n) is 8.21. The van der Waals surface area contributed by atoms with Crippen molar-refractivity contribution >= 4 is 40.5 Å². The molecular formula is C22H30N6O8. The van der Waals surface area contributed by atoms with Crippen molar-refractivity contribution in [1.29, 1.82) is 0 Å². The van der Waals surface area contributed by atoms with Crippen LogP contribution in [-0.4, -0.2) is 86.8 Å². The van der Waals surface area contributed by atoms with Crippen LogP contribution in [0.15, 0.2) is 30.5 Å². The molecule has 1 aromatic carbocycles. The summed E-state index contributed by atoms with van der Waals surface area (Å²) in [5, 5.41) is 35.5. The summed E-state index contributed by atoms with van der Waals surface area (Å²) < 4.78 is 0. The SMILES string of the molecule is CC(O)C(NC(=O)C(N)Cc1c[nH]c2ccccc12)C(=O)NC(CC(N)=O)C(=O)NC(CO)C(=O)O. The number of aliphatic hydroxyl groups is 2. The van der Waals surface area contributed by atoms with Crippen molar-refractivity contribution in [3.05, 3.63) is 36.0 Å². The number of hydrogen-bond acceptors (Lipinski definition) is 8. The van der Waals surface area contributed by atoms with E-state index < -0.39 is 72.9 Å². The van der Waals surface area contributed by atoms with Gasteiger partial charge in [-0.15, -0.1) is 0 Å². The predicted molar refractivity (Wildman–Crippen MR) is 126 cm³/mol. The molecule has 14 nitrogen and oxygen atoms in total. The summed E-state index contributed by atoms with van der Waals surface area (Å²) in [5.41, 5.74) is 12.8. The number of primary amides is 1. The van der Waals surface area contributed by atoms with Crippen molar-refractivity contribution < 1.29 is 39.3 Å². The first-order valence-corrected chi connectivity index (χ1v) is 11.0. The lowest BCUT2D eigenvalue weighted by atomic mass is 10.0. The molecule has 0 radical (unpaired) electrons. The Hall–Kier alpha value is -4.01. The van der Waals surface area contributed by atoms with E-state index in [9.17, 15) is 29.1 Å². The molecule has 11 N–H and O–H groups in total. The fraction of sp³-hybridized carbons (Fsp3) is 0.409. The molecule has 0 aliphatic rings. The standard InChI is InChI=1S/C22H30N6O8/c1-10(30)18(21(34)26-15(7-17(24)31)20(33)27-16(9-29)22(35)36)28-19(32)13(23)6-11-8-25-14-5-3-2-4-12(11)14/h2-5,8,10,13,15-16,18,25,29-30H,6-7,9,23H2,1H3,(H2,24,31)(H,26,34)(H,27,33)(H,28,32)(H,35,36). The summed E-state index contributed by atoms with van der Waals surface area (Å²) in [4.78, 5) is 63.4. The van der Waals surface area contributed by atoms with Gasteiger partial charge >= 0.3 is 5.97 Å². The number of carboxylic acids is 1. The number of amides is 4. The number of aliphatic hydroxyl groups excluding tert-OH is 2. The van der Waals surface area contributed by atoms with Gasteiger partial charge < -0.3 is 47.7 Å². The normalized spacial score (nSPS) is 15.2. The fourth-order valence-electron chi connectivity index (χ4n) is 3.43. The van der Waals surface area contributed by atoms with Crippen molar-refractivity contribution in [2.24, 2.45) is 11.5 Å². The number of carboxylic acid groups (broad SMARTS) is 1. The van der Waals surface area contributed by atoms with Crippen LogP contribution in [0.4, 0.5) is 0 Å². The maximum absolute atomic E-state index is 12.8. The van der Waals surface area contributed by atoms with Gasteiger partial charge in [0.2, 0.25) is 23.6 Å². The number of aliphatic carboxylic acids is 1. The smallest absolute Gasteiger partial charge is 0.328 e. The van der Waals surface area contributed by atoms with Crippen LogP contribution in [-0.2, 0) is 30.4 Å². The Labute approximate surface area is 205 Å². The number of nitrogens with two attached hydrogens (primary N) is 2. The van der Waals surface area contributed by atoms with E-state index in [4.69, 9.17) is 21.7 Å². The van der Waals surface area contributed by atoms with E-state index in [-0.39, 0.29) is 6.42 Å². The Morgan fingerprint density at radius 2 is 1.64 bits per heavy atom. The molecule has 5 unspecified atom stereocenters. The highest BCUT2D eigenvalue weighted by atomic mass is 16.4. The first-order valence-electron chi connectivity index (χ1n) is 11.0. The van der Waals surface area contributed by atoms with E-state index in [1.165, 1.54) is 6.92 Å². The number of carbonyl (C=O) groups excluding carboxylic acids is 4. The van der Waals surface area contributed by atoms with Crippen LogP contribution in [0.5, 0.6) is 0 Å². The summed E-state index contributed by atoms with van der Waals surface area (Å²) in [5.74, 6) is -5.47. The zero-order valence-electron chi connectivity index (χ0n) is 19.4. The van der Waals surface area contributed by atoms with Crippen LogP contribution in [0, 0.1) is 0 Å². The molecule has 0 spiro atoms. The van der Waals surface area contributed by atoms with Crippen LogP contribution < -0.4 is 27.4 Å². The Morgan fingerprint density at radius 3 is 2.22 bits per heavy atom. The molecule has 0 saturated carbocycles. The number of aromatic amines is 1. The third kappa shape index (κ3) is 7.49. The summed E-state index contributed by atoms with van der Waals surface area (Å²) in [6.07, 6.45) is -0.319. The maximum Gasteiger partial charge on any atom is 0.328 e. The van der Waals surface area contributed by atoms with Crippen molar-refractivity contribution in [1.82, 2.24) is 20.9 Å². The Bertz CT molecular complexity index is 1120. The van der Waals surface area contributed by atoms with E-state index in [0.29, 0.717) is 0 Å². The van der Waals surface area contributed by atoms with E-state index in [0.717, 1.165) is 16.5 Å². The molecule has 196 valence electrons. The van der Waals surface area contributed by atoms with Gasteiger partial charge in [0.25, 0.3) is 0 Å². The zero-order valence-corrected chi connectivity index (χ0v) is 19.4. The van der Waals surface area contributed by atoms with Crippen LogP contribution in [0.25, 0.3) is 10.9 Å². The first kappa shape index (κ1) is 28.2. The quantitative estimate of drug-likeness (QED) is 0.133. The van der Waals surface area contributed by atoms with E-state index in [2.05, 4.69) is 15.6 Å². The molecular weight excluding hydrogens is 476 g/mol. The Morgan fingerprint density at radius 1 is 1.00 bits per heavy atom. The summed E-state index contributed by atoms with van der Waals surface area (Å²) in [6, 6.07) is 1.40. The minimum absolute atomic E-state index is 0.119. The second kappa shape index (κ2) is 12.6. The van der Waals surface area contributed by atoms with Gasteiger partial charge in [0, 0.05) is 17.1 Å². The Balaban J connectivity index is 2.10. The number of rotatable bonds is 13. The molecule has 0 aliphatic heterocycles. The molecule has 0 saturated heterocycles. The summed E-state index contributed by atoms with van der Waals surface area (Å²) in [6.45, 7) is 0.268. The number of benzene rings is 1. The minimum atomic E-state index is -1.69. The lowest BCUT2D eigenvalue weighted by Gasteiger charge is -2.25. The summed E-state index contributed by atoms with van der Waals surface area (Å²) in [7, 11) is 0. The number of H-pyrrole nitrogens is 1. The van der Waals surface area contributed by atoms with E-state index in [1.54, 1.807) is 6.20 Å². The highest BCUT2D eigenvalue weighted by molar-refractivity contribution is 5.96. The first-order chi connectivity index (χ1) is 16.9. The number of aromatic nitrogens is 1. The number of fused-ring (bicyclic) bond motifs is 1. The van der Waals surface area contributed by atoms with Gasteiger partial charge in [-0.3, -0.25) is 19.2 Å². The van der Waals surface area contributed by atoms with E-state index in [1.807, 2.05) is 29.6 Å². The summed E-state index contributed by atoms with van der Waals surface area (Å²) >= 11 is 0. The van der Waals surface area contributed by atoms with Gasteiger partial charge in [0.1, 0.15) is 18.1 Å². The topological polar surface area (TPSA) is 250 Å². The largest absolute Gasteiger partial charge is 0.480 e. The molecule has 1 heterocycles. The average molecular weight is 507 g/mol. The fourth-order valence-corrected chi connectivity index (χ4v) is 3.43. The van der Waals surface area contributed by atoms with Crippen molar-refractivity contribution in [2.75, 3.05) is 6.61 Å². The molecule has 36 heavy (non-hydrogen) atoms. The second-order valence-corrected chi connectivity index (χ2v) is 8.21. The Kier molecular flexibility index (Phi) is 9.90. The van der Waals surface area contributed by atoms with Gasteiger partial charge in [-0.2, -0.15) is 0 Å². The minimum Gasteiger partial charge on any atom is -0.480 e. The third-order valence-corrected chi connectivity index (χ3v) is 5.35. The molecule has 14 heteroatoms. The monoisotopic (exact) mass is 506 g/mol. The third-order valence-electron chi connectivity index (χ3n) is 5.35. The molecule has 2 aromatic rings. The molecule has 1 aromatic heterocycles. The lowest BCUT2D eigenvalue weighted by Crippen LogP contribution is -2.60. The van der Waals surface area contributed by atoms with Gasteiger partial charge in [-0.1, -0.05) is 18.2 Å². The van der Waals surface area contributed by atoms with Gasteiger partial charge in [0.15, 0.2) is 0 Å². The maximum atomic E-state index is 12.8. The van der Waals surface area contributed by atoms with Crippen molar-refractivity contribution in [2.45, 2.75) is 50.0 Å². The van der Waals surface area contributed by atoms with Crippen LogP contribution in [0.2, 0.25) is 0 Å². The number of hydrogen-bond donors (Lipinski definition) is 9. The zero-order chi connectivity index (χ0) is 27.0. The number of para-hydroxylation sites is 1. The average Bonchev–Trinajstić information content (AvgIpc) is 3.22. The van der Waals surface area contributed by atoms with Gasteiger partial charge in [-0.05, 0) is 25.0 Å². The number of nitrogens with one attached hydrogen (secondary N) is 4. The highest BCUT2D eigenvalue weighted by Gasteiger charge is 2.33. The molecule has 2 rings (SSSR count). The van der Waals surface area contributed by atoms with Crippen molar-refractivity contribution in [3.8, 4) is 0 Å². The highest BCUT2D eigenvalue weighted by Crippen LogP contribution is 2.18. The molecule has 5 atom stereocenters. The van der Waals surface area contributed by atoms with Crippen LogP contribution >= 0.6 is 0 Å². The molecule has 4 amide bonds. The molecule has 0 aliphatic carbocycles.